The van der Waals surface area contributed by atoms with Gasteiger partial charge >= 0.3 is 5.97 Å². The van der Waals surface area contributed by atoms with Crippen LogP contribution in [0.3, 0.4) is 0 Å². The first-order valence-corrected chi connectivity index (χ1v) is 17.9. The normalized spacial score (nSPS) is 18.7. The van der Waals surface area contributed by atoms with Crippen LogP contribution in [0.4, 0.5) is 11.5 Å². The number of esters is 1. The molecule has 2 saturated heterocycles. The van der Waals surface area contributed by atoms with Crippen molar-refractivity contribution in [1.29, 1.82) is 0 Å². The molecule has 51 heavy (non-hydrogen) atoms. The van der Waals surface area contributed by atoms with Gasteiger partial charge in [0.2, 0.25) is 17.7 Å². The standard InChI is InChI=1S/C35H47N9O6S/c1-21-30(51-20-38-21)24-8-6-23(7-9-24)10-11-37-32(47)28-16-25(45)18-44(28)34(49)35(3,4)22(2)39-29(46)19-42-12-14-43(15-13-42)27-17-26(33(48)50-5)40-41-31(27)36/h6-9,17,20,22,25,28,45H,10-16,18-19H2,1-5H3,(H2,36,41)(H,37,47)(H,39,46)/t22-,25+,28-/m0/s1. The summed E-state index contributed by atoms with van der Waals surface area (Å²) >= 11 is 1.60. The molecule has 2 aliphatic heterocycles. The van der Waals surface area contributed by atoms with Crippen molar-refractivity contribution >= 4 is 46.5 Å². The Morgan fingerprint density at radius 1 is 1.12 bits per heavy atom. The minimum absolute atomic E-state index is 0.0440. The summed E-state index contributed by atoms with van der Waals surface area (Å²) in [6.07, 6.45) is -0.0579. The van der Waals surface area contributed by atoms with Crippen LogP contribution >= 0.6 is 11.3 Å². The molecule has 3 atom stereocenters. The van der Waals surface area contributed by atoms with Crippen molar-refractivity contribution in [3.8, 4) is 10.4 Å². The number of piperazine rings is 1. The highest BCUT2D eigenvalue weighted by molar-refractivity contribution is 7.13. The lowest BCUT2D eigenvalue weighted by molar-refractivity contribution is -0.147. The van der Waals surface area contributed by atoms with Crippen molar-refractivity contribution in [2.75, 3.05) is 63.6 Å². The van der Waals surface area contributed by atoms with Crippen LogP contribution in [0.15, 0.2) is 35.8 Å². The fourth-order valence-electron chi connectivity index (χ4n) is 6.36. The number of hydrogen-bond donors (Lipinski definition) is 4. The number of hydrogen-bond acceptors (Lipinski definition) is 13. The number of nitrogen functional groups attached to an aromatic ring is 1. The van der Waals surface area contributed by atoms with Crippen LogP contribution in [0.5, 0.6) is 0 Å². The molecule has 0 aliphatic carbocycles. The number of carbonyl (C=O) groups is 4. The largest absolute Gasteiger partial charge is 0.464 e. The number of aryl methyl sites for hydroxylation is 1. The van der Waals surface area contributed by atoms with Gasteiger partial charge in [0.1, 0.15) is 6.04 Å². The lowest BCUT2D eigenvalue weighted by Gasteiger charge is -2.38. The topological polar surface area (TPSA) is 196 Å². The van der Waals surface area contributed by atoms with Crippen molar-refractivity contribution in [2.45, 2.75) is 58.7 Å². The number of nitrogens with two attached hydrogens (primary N) is 1. The van der Waals surface area contributed by atoms with E-state index in [0.29, 0.717) is 44.8 Å². The predicted octanol–water partition coefficient (Wildman–Crippen LogP) is 1.25. The van der Waals surface area contributed by atoms with E-state index in [0.717, 1.165) is 21.7 Å². The minimum Gasteiger partial charge on any atom is -0.464 e. The summed E-state index contributed by atoms with van der Waals surface area (Å²) < 4.78 is 4.73. The number of thiazole rings is 1. The van der Waals surface area contributed by atoms with Gasteiger partial charge in [-0.05, 0) is 45.2 Å². The third-order valence-corrected chi connectivity index (χ3v) is 10.8. The summed E-state index contributed by atoms with van der Waals surface area (Å²) in [7, 11) is 1.27. The zero-order valence-electron chi connectivity index (χ0n) is 29.7. The number of methoxy groups -OCH3 is 1. The molecule has 5 N–H and O–H groups in total. The number of nitrogens with zero attached hydrogens (tertiary/aromatic N) is 6. The van der Waals surface area contributed by atoms with E-state index < -0.39 is 29.6 Å². The Morgan fingerprint density at radius 2 is 1.82 bits per heavy atom. The first-order chi connectivity index (χ1) is 24.3. The minimum atomic E-state index is -1.06. The summed E-state index contributed by atoms with van der Waals surface area (Å²) in [5.41, 5.74) is 10.6. The van der Waals surface area contributed by atoms with Gasteiger partial charge in [0.05, 0.1) is 46.9 Å². The molecular formula is C35H47N9O6S. The van der Waals surface area contributed by atoms with E-state index in [2.05, 4.69) is 37.9 Å². The summed E-state index contributed by atoms with van der Waals surface area (Å²) in [5.74, 6) is -1.27. The van der Waals surface area contributed by atoms with Gasteiger partial charge in [-0.15, -0.1) is 21.5 Å². The highest BCUT2D eigenvalue weighted by atomic mass is 32.1. The molecule has 0 bridgehead atoms. The van der Waals surface area contributed by atoms with E-state index in [-0.39, 0.29) is 48.7 Å². The third-order valence-electron chi connectivity index (χ3n) is 9.80. The van der Waals surface area contributed by atoms with Crippen LogP contribution in [-0.2, 0) is 25.5 Å². The molecule has 4 heterocycles. The molecule has 1 aromatic carbocycles. The second kappa shape index (κ2) is 16.1. The smallest absolute Gasteiger partial charge is 0.358 e. The molecule has 274 valence electrons. The maximum absolute atomic E-state index is 13.9. The molecule has 2 aliphatic rings. The first kappa shape index (κ1) is 37.6. The predicted molar refractivity (Wildman–Crippen MR) is 193 cm³/mol. The number of likely N-dealkylation sites (tertiary alicyclic amines) is 1. The van der Waals surface area contributed by atoms with E-state index in [1.165, 1.54) is 12.0 Å². The molecule has 2 fully saturated rings. The number of nitrogens with one attached hydrogen (secondary N) is 2. The van der Waals surface area contributed by atoms with Crippen molar-refractivity contribution in [2.24, 2.45) is 5.41 Å². The Labute approximate surface area is 301 Å². The Hall–Kier alpha value is -4.67. The number of aliphatic hydroxyl groups excluding tert-OH is 1. The Balaban J connectivity index is 1.10. The zero-order valence-corrected chi connectivity index (χ0v) is 30.5. The average molecular weight is 722 g/mol. The van der Waals surface area contributed by atoms with Crippen LogP contribution in [0.25, 0.3) is 10.4 Å². The van der Waals surface area contributed by atoms with Crippen LogP contribution in [0, 0.1) is 12.3 Å². The zero-order chi connectivity index (χ0) is 36.9. The molecule has 0 spiro atoms. The summed E-state index contributed by atoms with van der Waals surface area (Å²) in [6.45, 7) is 10.00. The van der Waals surface area contributed by atoms with Crippen LogP contribution in [0.1, 0.15) is 48.9 Å². The van der Waals surface area contributed by atoms with Gasteiger partial charge < -0.3 is 36.0 Å². The van der Waals surface area contributed by atoms with Gasteiger partial charge in [0.25, 0.3) is 0 Å². The Morgan fingerprint density at radius 3 is 2.47 bits per heavy atom. The summed E-state index contributed by atoms with van der Waals surface area (Å²) in [6, 6.07) is 8.36. The fourth-order valence-corrected chi connectivity index (χ4v) is 7.17. The van der Waals surface area contributed by atoms with E-state index in [4.69, 9.17) is 10.5 Å². The number of rotatable bonds is 12. The third kappa shape index (κ3) is 8.80. The van der Waals surface area contributed by atoms with E-state index >= 15 is 0 Å². The number of aliphatic hydroxyl groups is 1. The highest BCUT2D eigenvalue weighted by Gasteiger charge is 2.46. The number of ether oxygens (including phenoxy) is 1. The van der Waals surface area contributed by atoms with Gasteiger partial charge in [-0.2, -0.15) is 0 Å². The second-order valence-corrected chi connectivity index (χ2v) is 14.5. The van der Waals surface area contributed by atoms with E-state index in [1.807, 2.05) is 34.4 Å². The van der Waals surface area contributed by atoms with Crippen LogP contribution in [0.2, 0.25) is 0 Å². The lowest BCUT2D eigenvalue weighted by atomic mass is 9.83. The van der Waals surface area contributed by atoms with Crippen LogP contribution < -0.4 is 21.3 Å². The van der Waals surface area contributed by atoms with Gasteiger partial charge in [0, 0.05) is 57.8 Å². The van der Waals surface area contributed by atoms with E-state index in [9.17, 15) is 24.3 Å². The summed E-state index contributed by atoms with van der Waals surface area (Å²) in [5, 5.41) is 24.1. The quantitative estimate of drug-likeness (QED) is 0.196. The molecule has 2 aromatic heterocycles. The van der Waals surface area contributed by atoms with Crippen molar-refractivity contribution in [3.05, 3.63) is 52.8 Å². The Kier molecular flexibility index (Phi) is 11.9. The number of anilines is 2. The maximum atomic E-state index is 13.9. The molecular weight excluding hydrogens is 675 g/mol. The van der Waals surface area contributed by atoms with Gasteiger partial charge in [-0.3, -0.25) is 19.3 Å². The number of aromatic nitrogens is 3. The number of β-amino-alcohol motifs (C(OH)–C–C–N with tert-alkyl or cyclic N) is 1. The first-order valence-electron chi connectivity index (χ1n) is 17.0. The van der Waals surface area contributed by atoms with Crippen molar-refractivity contribution in [3.63, 3.8) is 0 Å². The lowest BCUT2D eigenvalue weighted by Crippen LogP contribution is -2.57. The maximum Gasteiger partial charge on any atom is 0.358 e. The molecule has 0 unspecified atom stereocenters. The molecule has 3 aromatic rings. The molecule has 5 rings (SSSR count). The fraction of sp³-hybridized carbons (Fsp3) is 0.514. The van der Waals surface area contributed by atoms with E-state index in [1.54, 1.807) is 38.2 Å². The molecule has 0 radical (unpaired) electrons. The summed E-state index contributed by atoms with van der Waals surface area (Å²) in [4.78, 5) is 63.1. The number of amides is 3. The molecule has 3 amide bonds. The number of benzene rings is 1. The van der Waals surface area contributed by atoms with Crippen molar-refractivity contribution < 1.29 is 29.0 Å². The molecule has 16 heteroatoms. The number of carbonyl (C=O) groups excluding carboxylic acids is 4. The van der Waals surface area contributed by atoms with Gasteiger partial charge in [-0.1, -0.05) is 24.3 Å². The van der Waals surface area contributed by atoms with Crippen molar-refractivity contribution in [1.82, 2.24) is 35.6 Å². The van der Waals surface area contributed by atoms with Gasteiger partial charge in [0.15, 0.2) is 11.5 Å². The molecule has 0 saturated carbocycles. The highest BCUT2D eigenvalue weighted by Crippen LogP contribution is 2.30. The second-order valence-electron chi connectivity index (χ2n) is 13.6. The van der Waals surface area contributed by atoms with Gasteiger partial charge in [-0.25, -0.2) is 9.78 Å². The molecule has 15 nitrogen and oxygen atoms in total. The Bertz CT molecular complexity index is 1720. The SMILES string of the molecule is COC(=O)c1cc(N2CCN(CC(=O)N[C@@H](C)C(C)(C)C(=O)N3C[C@H](O)C[C@H]3C(=O)NCCc3ccc(-c4scnc4C)cc3)CC2)c(N)nn1. The average Bonchev–Trinajstić information content (AvgIpc) is 3.73. The monoisotopic (exact) mass is 721 g/mol. The van der Waals surface area contributed by atoms with Crippen LogP contribution in [-0.4, -0.2) is 125 Å².